The minimum absolute atomic E-state index is 0.0580. The summed E-state index contributed by atoms with van der Waals surface area (Å²) in [5, 5.41) is 6.91. The van der Waals surface area contributed by atoms with Crippen LogP contribution in [0.3, 0.4) is 0 Å². The van der Waals surface area contributed by atoms with Crippen LogP contribution in [0.5, 0.6) is 0 Å². The SMILES string of the molecule is Cc1cn(CCNC(=O)Cc2ccc(C(F)(F)F)cc2)c2ccc(-c3noc(C(F)(F)F)n3)cc12. The highest BCUT2D eigenvalue weighted by Gasteiger charge is 2.38. The lowest BCUT2D eigenvalue weighted by Gasteiger charge is -2.09. The summed E-state index contributed by atoms with van der Waals surface area (Å²) >= 11 is 0. The van der Waals surface area contributed by atoms with Gasteiger partial charge in [0.1, 0.15) is 0 Å². The number of carbonyl (C=O) groups is 1. The number of hydrogen-bond acceptors (Lipinski definition) is 4. The van der Waals surface area contributed by atoms with E-state index in [0.717, 1.165) is 28.6 Å². The van der Waals surface area contributed by atoms with Crippen LogP contribution in [0.4, 0.5) is 26.3 Å². The number of halogens is 6. The smallest absolute Gasteiger partial charge is 0.354 e. The normalized spacial score (nSPS) is 12.3. The summed E-state index contributed by atoms with van der Waals surface area (Å²) in [6, 6.07) is 9.36. The molecule has 2 aromatic carbocycles. The maximum Gasteiger partial charge on any atom is 0.471 e. The maximum absolute atomic E-state index is 12.7. The molecular formula is C23H18F6N4O2. The third kappa shape index (κ3) is 5.47. The highest BCUT2D eigenvalue weighted by molar-refractivity contribution is 5.87. The summed E-state index contributed by atoms with van der Waals surface area (Å²) in [7, 11) is 0. The first kappa shape index (κ1) is 24.3. The van der Waals surface area contributed by atoms with Gasteiger partial charge >= 0.3 is 18.2 Å². The lowest BCUT2D eigenvalue weighted by atomic mass is 10.1. The second-order valence-corrected chi connectivity index (χ2v) is 7.88. The van der Waals surface area contributed by atoms with Gasteiger partial charge in [0.25, 0.3) is 0 Å². The Hall–Kier alpha value is -3.83. The molecule has 0 radical (unpaired) electrons. The van der Waals surface area contributed by atoms with Crippen molar-refractivity contribution < 1.29 is 35.7 Å². The number of amides is 1. The van der Waals surface area contributed by atoms with Gasteiger partial charge in [-0.2, -0.15) is 31.3 Å². The number of nitrogens with zero attached hydrogens (tertiary/aromatic N) is 3. The summed E-state index contributed by atoms with van der Waals surface area (Å²) in [5.41, 5.74) is 1.70. The molecule has 1 amide bonds. The number of alkyl halides is 6. The fourth-order valence-electron chi connectivity index (χ4n) is 3.63. The van der Waals surface area contributed by atoms with Crippen LogP contribution in [-0.2, 0) is 30.1 Å². The van der Waals surface area contributed by atoms with Crippen LogP contribution in [0.2, 0.25) is 0 Å². The molecule has 0 aliphatic heterocycles. The lowest BCUT2D eigenvalue weighted by Crippen LogP contribution is -2.28. The van der Waals surface area contributed by atoms with Crippen LogP contribution >= 0.6 is 0 Å². The molecule has 0 saturated carbocycles. The molecule has 0 unspecified atom stereocenters. The zero-order valence-electron chi connectivity index (χ0n) is 18.2. The van der Waals surface area contributed by atoms with Crippen molar-refractivity contribution in [3.05, 3.63) is 71.2 Å². The number of aryl methyl sites for hydroxylation is 1. The third-order valence-electron chi connectivity index (χ3n) is 5.33. The molecule has 0 aliphatic rings. The van der Waals surface area contributed by atoms with Gasteiger partial charge in [-0.15, -0.1) is 0 Å². The standard InChI is InChI=1S/C23H18F6N4O2/c1-13-12-33(9-8-30-19(34)10-14-2-5-16(6-3-14)22(24,25)26)18-7-4-15(11-17(13)18)20-31-21(35-32-20)23(27,28)29/h2-7,11-12H,8-10H2,1H3,(H,30,34). The Morgan fingerprint density at radius 2 is 1.74 bits per heavy atom. The van der Waals surface area contributed by atoms with Crippen molar-refractivity contribution in [3.63, 3.8) is 0 Å². The molecule has 12 heteroatoms. The van der Waals surface area contributed by atoms with Crippen molar-refractivity contribution in [2.75, 3.05) is 6.54 Å². The van der Waals surface area contributed by atoms with E-state index in [-0.39, 0.29) is 24.7 Å². The van der Waals surface area contributed by atoms with Gasteiger partial charge in [-0.1, -0.05) is 17.3 Å². The van der Waals surface area contributed by atoms with Crippen molar-refractivity contribution in [1.82, 2.24) is 20.0 Å². The number of benzene rings is 2. The third-order valence-corrected chi connectivity index (χ3v) is 5.33. The van der Waals surface area contributed by atoms with E-state index >= 15 is 0 Å². The van der Waals surface area contributed by atoms with Gasteiger partial charge in [-0.05, 0) is 48.4 Å². The van der Waals surface area contributed by atoms with E-state index in [4.69, 9.17) is 0 Å². The average molecular weight is 496 g/mol. The van der Waals surface area contributed by atoms with Gasteiger partial charge < -0.3 is 14.4 Å². The van der Waals surface area contributed by atoms with Gasteiger partial charge in [0.05, 0.1) is 12.0 Å². The molecular weight excluding hydrogens is 478 g/mol. The largest absolute Gasteiger partial charge is 0.471 e. The minimum atomic E-state index is -4.73. The maximum atomic E-state index is 12.7. The monoisotopic (exact) mass is 496 g/mol. The number of fused-ring (bicyclic) bond motifs is 1. The molecule has 4 aromatic rings. The highest BCUT2D eigenvalue weighted by Crippen LogP contribution is 2.31. The number of nitrogens with one attached hydrogen (secondary N) is 1. The molecule has 1 N–H and O–H groups in total. The van der Waals surface area contributed by atoms with E-state index in [1.807, 2.05) is 17.7 Å². The Morgan fingerprint density at radius 3 is 2.37 bits per heavy atom. The van der Waals surface area contributed by atoms with Crippen LogP contribution in [0, 0.1) is 6.92 Å². The van der Waals surface area contributed by atoms with Crippen LogP contribution < -0.4 is 5.32 Å². The fourth-order valence-corrected chi connectivity index (χ4v) is 3.63. The summed E-state index contributed by atoms with van der Waals surface area (Å²) in [5.74, 6) is -1.94. The molecule has 0 atom stereocenters. The lowest BCUT2D eigenvalue weighted by molar-refractivity contribution is -0.159. The predicted molar refractivity (Wildman–Crippen MR) is 113 cm³/mol. The van der Waals surface area contributed by atoms with E-state index in [2.05, 4.69) is 20.0 Å². The van der Waals surface area contributed by atoms with E-state index in [1.54, 1.807) is 18.2 Å². The summed E-state index contributed by atoms with van der Waals surface area (Å²) in [6.07, 6.45) is -7.38. The molecule has 0 fully saturated rings. The Morgan fingerprint density at radius 1 is 1.03 bits per heavy atom. The van der Waals surface area contributed by atoms with Crippen LogP contribution in [0.25, 0.3) is 22.3 Å². The van der Waals surface area contributed by atoms with Crippen molar-refractivity contribution in [2.24, 2.45) is 0 Å². The Labute approximate surface area is 194 Å². The van der Waals surface area contributed by atoms with Crippen molar-refractivity contribution >= 4 is 16.8 Å². The zero-order chi connectivity index (χ0) is 25.4. The summed E-state index contributed by atoms with van der Waals surface area (Å²) in [4.78, 5) is 15.6. The summed E-state index contributed by atoms with van der Waals surface area (Å²) in [6.45, 7) is 2.51. The van der Waals surface area contributed by atoms with Gasteiger partial charge in [-0.3, -0.25) is 4.79 Å². The number of hydrogen-bond donors (Lipinski definition) is 1. The van der Waals surface area contributed by atoms with Gasteiger partial charge in [0, 0.05) is 35.8 Å². The van der Waals surface area contributed by atoms with E-state index in [0.29, 0.717) is 17.7 Å². The fraction of sp³-hybridized carbons (Fsp3) is 0.261. The topological polar surface area (TPSA) is 73.0 Å². The molecule has 0 bridgehead atoms. The molecule has 35 heavy (non-hydrogen) atoms. The summed E-state index contributed by atoms with van der Waals surface area (Å²) < 4.78 is 82.3. The van der Waals surface area contributed by atoms with Gasteiger partial charge in [0.15, 0.2) is 0 Å². The molecule has 6 nitrogen and oxygen atoms in total. The molecule has 4 rings (SSSR count). The van der Waals surface area contributed by atoms with Gasteiger partial charge in [0.2, 0.25) is 11.7 Å². The highest BCUT2D eigenvalue weighted by atomic mass is 19.4. The molecule has 0 spiro atoms. The number of rotatable bonds is 6. The van der Waals surface area contributed by atoms with Crippen LogP contribution in [0.15, 0.2) is 53.2 Å². The van der Waals surface area contributed by atoms with Crippen LogP contribution in [0.1, 0.15) is 22.6 Å². The first-order valence-corrected chi connectivity index (χ1v) is 10.4. The average Bonchev–Trinajstić information content (AvgIpc) is 3.39. The van der Waals surface area contributed by atoms with Crippen LogP contribution in [-0.4, -0.2) is 27.2 Å². The minimum Gasteiger partial charge on any atom is -0.354 e. The second-order valence-electron chi connectivity index (χ2n) is 7.88. The Bertz CT molecular complexity index is 1350. The second kappa shape index (κ2) is 9.08. The molecule has 2 heterocycles. The van der Waals surface area contributed by atoms with E-state index in [9.17, 15) is 31.1 Å². The Balaban J connectivity index is 1.39. The molecule has 0 aliphatic carbocycles. The van der Waals surface area contributed by atoms with Crippen molar-refractivity contribution in [3.8, 4) is 11.4 Å². The zero-order valence-corrected chi connectivity index (χ0v) is 18.2. The predicted octanol–water partition coefficient (Wildman–Crippen LogP) is 5.40. The van der Waals surface area contributed by atoms with E-state index < -0.39 is 23.8 Å². The van der Waals surface area contributed by atoms with Crippen molar-refractivity contribution in [2.45, 2.75) is 32.2 Å². The van der Waals surface area contributed by atoms with Gasteiger partial charge in [-0.25, -0.2) is 0 Å². The number of aromatic nitrogens is 3. The first-order valence-electron chi connectivity index (χ1n) is 10.4. The van der Waals surface area contributed by atoms with E-state index in [1.165, 1.54) is 12.1 Å². The molecule has 184 valence electrons. The van der Waals surface area contributed by atoms with Crippen molar-refractivity contribution in [1.29, 1.82) is 0 Å². The molecule has 0 saturated heterocycles. The quantitative estimate of drug-likeness (QED) is 0.363. The Kier molecular flexibility index (Phi) is 6.30. The number of carbonyl (C=O) groups excluding carboxylic acids is 1. The first-order chi connectivity index (χ1) is 16.4. The molecule has 2 aromatic heterocycles.